The smallest absolute Gasteiger partial charge is 0.253 e. The first-order valence-electron chi connectivity index (χ1n) is 11.6. The summed E-state index contributed by atoms with van der Waals surface area (Å²) in [7, 11) is 5.98. The molecule has 0 N–H and O–H groups in total. The minimum atomic E-state index is 0.0950. The van der Waals surface area contributed by atoms with E-state index in [9.17, 15) is 4.79 Å². The van der Waals surface area contributed by atoms with Gasteiger partial charge in [0.25, 0.3) is 5.91 Å². The third kappa shape index (κ3) is 5.89. The van der Waals surface area contributed by atoms with Crippen molar-refractivity contribution < 1.29 is 9.53 Å². The van der Waals surface area contributed by atoms with E-state index in [-0.39, 0.29) is 5.91 Å². The Labute approximate surface area is 193 Å². The summed E-state index contributed by atoms with van der Waals surface area (Å²) in [4.78, 5) is 16.9. The highest BCUT2D eigenvalue weighted by Gasteiger charge is 2.22. The van der Waals surface area contributed by atoms with Gasteiger partial charge in [-0.3, -0.25) is 4.79 Å². The van der Waals surface area contributed by atoms with Gasteiger partial charge in [-0.15, -0.1) is 0 Å². The zero-order valence-corrected chi connectivity index (χ0v) is 20.1. The number of nitrogens with zero attached hydrogens (tertiary/aromatic N) is 2. The van der Waals surface area contributed by atoms with Crippen molar-refractivity contribution in [3.8, 4) is 5.75 Å². The lowest BCUT2D eigenvalue weighted by atomic mass is 9.81. The van der Waals surface area contributed by atoms with Gasteiger partial charge in [-0.25, -0.2) is 0 Å². The number of benzene rings is 2. The van der Waals surface area contributed by atoms with Crippen molar-refractivity contribution >= 4 is 17.6 Å². The fraction of sp³-hybridized carbons (Fsp3) is 0.393. The Bertz CT molecular complexity index is 986. The SMILES string of the molecule is CCN(CC)C(=O)c1cccc(/C=C2/C=C(c3cccc(OC)c3)C(CN(C)C)CC2)c1. The van der Waals surface area contributed by atoms with Crippen molar-refractivity contribution in [1.82, 2.24) is 9.80 Å². The summed E-state index contributed by atoms with van der Waals surface area (Å²) in [5, 5.41) is 0. The minimum Gasteiger partial charge on any atom is -0.497 e. The fourth-order valence-corrected chi connectivity index (χ4v) is 4.42. The molecule has 0 aliphatic heterocycles. The highest BCUT2D eigenvalue weighted by atomic mass is 16.5. The molecule has 170 valence electrons. The molecule has 0 aromatic heterocycles. The molecule has 32 heavy (non-hydrogen) atoms. The number of rotatable bonds is 8. The Morgan fingerprint density at radius 2 is 1.84 bits per heavy atom. The first kappa shape index (κ1) is 23.8. The van der Waals surface area contributed by atoms with Crippen LogP contribution in [0.3, 0.4) is 0 Å². The van der Waals surface area contributed by atoms with Crippen molar-refractivity contribution in [3.05, 3.63) is 76.9 Å². The van der Waals surface area contributed by atoms with Crippen LogP contribution in [-0.2, 0) is 0 Å². The molecule has 1 unspecified atom stereocenters. The number of methoxy groups -OCH3 is 1. The van der Waals surface area contributed by atoms with E-state index >= 15 is 0 Å². The van der Waals surface area contributed by atoms with E-state index in [4.69, 9.17) is 4.74 Å². The summed E-state index contributed by atoms with van der Waals surface area (Å²) in [6.07, 6.45) is 6.70. The van der Waals surface area contributed by atoms with E-state index in [2.05, 4.69) is 55.4 Å². The molecule has 0 saturated heterocycles. The van der Waals surface area contributed by atoms with Crippen LogP contribution in [0.25, 0.3) is 11.6 Å². The summed E-state index contributed by atoms with van der Waals surface area (Å²) in [6, 6.07) is 16.3. The van der Waals surface area contributed by atoms with Crippen LogP contribution in [0.1, 0.15) is 48.2 Å². The molecule has 0 radical (unpaired) electrons. The van der Waals surface area contributed by atoms with Crippen molar-refractivity contribution in [2.45, 2.75) is 26.7 Å². The summed E-state index contributed by atoms with van der Waals surface area (Å²) in [5.74, 6) is 1.45. The normalized spacial score (nSPS) is 17.4. The van der Waals surface area contributed by atoms with E-state index in [0.717, 1.165) is 49.4 Å². The zero-order valence-electron chi connectivity index (χ0n) is 20.1. The number of hydrogen-bond donors (Lipinski definition) is 0. The van der Waals surface area contributed by atoms with Crippen LogP contribution in [0.5, 0.6) is 5.75 Å². The monoisotopic (exact) mass is 432 g/mol. The molecular formula is C28H36N2O2. The zero-order chi connectivity index (χ0) is 23.1. The molecule has 4 nitrogen and oxygen atoms in total. The first-order chi connectivity index (χ1) is 15.4. The van der Waals surface area contributed by atoms with Crippen LogP contribution in [0.4, 0.5) is 0 Å². The predicted octanol–water partition coefficient (Wildman–Crippen LogP) is 5.62. The lowest BCUT2D eigenvalue weighted by Crippen LogP contribution is -2.30. The lowest BCUT2D eigenvalue weighted by Gasteiger charge is -2.29. The molecule has 0 heterocycles. The van der Waals surface area contributed by atoms with Gasteiger partial charge < -0.3 is 14.5 Å². The molecule has 3 rings (SSSR count). The standard InChI is InChI=1S/C28H36N2O2/c1-6-30(7-2)28(31)24-12-8-10-21(17-24)16-22-14-15-25(20-29(3)4)27(18-22)23-11-9-13-26(19-23)32-5/h8-13,16-19,25H,6-7,14-15,20H2,1-5H3/b22-16+. The average molecular weight is 433 g/mol. The third-order valence-electron chi connectivity index (χ3n) is 6.09. The minimum absolute atomic E-state index is 0.0950. The van der Waals surface area contributed by atoms with Gasteiger partial charge in [-0.1, -0.05) is 36.4 Å². The van der Waals surface area contributed by atoms with Gasteiger partial charge in [0.1, 0.15) is 5.75 Å². The molecule has 2 aromatic carbocycles. The number of hydrogen-bond acceptors (Lipinski definition) is 3. The number of carbonyl (C=O) groups is 1. The van der Waals surface area contributed by atoms with Gasteiger partial charge in [-0.05, 0) is 93.2 Å². The highest BCUT2D eigenvalue weighted by Crippen LogP contribution is 2.37. The number of amides is 1. The molecular weight excluding hydrogens is 396 g/mol. The molecule has 1 amide bonds. The van der Waals surface area contributed by atoms with Crippen molar-refractivity contribution in [2.24, 2.45) is 5.92 Å². The summed E-state index contributed by atoms with van der Waals surface area (Å²) in [5.41, 5.74) is 5.69. The maximum Gasteiger partial charge on any atom is 0.253 e. The van der Waals surface area contributed by atoms with Crippen LogP contribution >= 0.6 is 0 Å². The van der Waals surface area contributed by atoms with Crippen molar-refractivity contribution in [1.29, 1.82) is 0 Å². The summed E-state index contributed by atoms with van der Waals surface area (Å²) >= 11 is 0. The van der Waals surface area contributed by atoms with Gasteiger partial charge in [0.15, 0.2) is 0 Å². The number of ether oxygens (including phenoxy) is 1. The molecule has 1 atom stereocenters. The largest absolute Gasteiger partial charge is 0.497 e. The molecule has 4 heteroatoms. The third-order valence-corrected chi connectivity index (χ3v) is 6.09. The van der Waals surface area contributed by atoms with Crippen LogP contribution < -0.4 is 4.74 Å². The van der Waals surface area contributed by atoms with Gasteiger partial charge in [0, 0.05) is 25.2 Å². The second-order valence-electron chi connectivity index (χ2n) is 8.65. The van der Waals surface area contributed by atoms with E-state index in [1.165, 1.54) is 16.7 Å². The van der Waals surface area contributed by atoms with E-state index < -0.39 is 0 Å². The Balaban J connectivity index is 1.95. The molecule has 0 saturated carbocycles. The quantitative estimate of drug-likeness (QED) is 0.543. The predicted molar refractivity (Wildman–Crippen MR) is 134 cm³/mol. The van der Waals surface area contributed by atoms with Crippen LogP contribution in [-0.4, -0.2) is 56.5 Å². The average Bonchev–Trinajstić information content (AvgIpc) is 2.80. The van der Waals surface area contributed by atoms with E-state index in [0.29, 0.717) is 5.92 Å². The topological polar surface area (TPSA) is 32.8 Å². The second kappa shape index (κ2) is 11.1. The number of allylic oxidation sites excluding steroid dienone is 2. The summed E-state index contributed by atoms with van der Waals surface area (Å²) < 4.78 is 5.47. The second-order valence-corrected chi connectivity index (χ2v) is 8.65. The number of carbonyl (C=O) groups excluding carboxylic acids is 1. The molecule has 0 spiro atoms. The molecule has 0 bridgehead atoms. The van der Waals surface area contributed by atoms with Gasteiger partial charge in [-0.2, -0.15) is 0 Å². The van der Waals surface area contributed by atoms with Crippen molar-refractivity contribution in [2.75, 3.05) is 40.8 Å². The molecule has 0 fully saturated rings. The van der Waals surface area contributed by atoms with Gasteiger partial charge in [0.2, 0.25) is 0 Å². The fourth-order valence-electron chi connectivity index (χ4n) is 4.42. The Hall–Kier alpha value is -2.85. The lowest BCUT2D eigenvalue weighted by molar-refractivity contribution is 0.0773. The maximum absolute atomic E-state index is 12.8. The van der Waals surface area contributed by atoms with E-state index in [1.54, 1.807) is 7.11 Å². The van der Waals surface area contributed by atoms with Gasteiger partial charge in [0.05, 0.1) is 7.11 Å². The summed E-state index contributed by atoms with van der Waals surface area (Å²) in [6.45, 7) is 6.50. The molecule has 1 aliphatic rings. The van der Waals surface area contributed by atoms with Crippen LogP contribution in [0.15, 0.2) is 60.2 Å². The molecule has 2 aromatic rings. The van der Waals surface area contributed by atoms with Crippen LogP contribution in [0.2, 0.25) is 0 Å². The molecule has 1 aliphatic carbocycles. The van der Waals surface area contributed by atoms with Gasteiger partial charge >= 0.3 is 0 Å². The Kier molecular flexibility index (Phi) is 8.29. The Morgan fingerprint density at radius 1 is 1.09 bits per heavy atom. The van der Waals surface area contributed by atoms with Crippen LogP contribution in [0, 0.1) is 5.92 Å². The highest BCUT2D eigenvalue weighted by molar-refractivity contribution is 5.94. The van der Waals surface area contributed by atoms with Crippen molar-refractivity contribution in [3.63, 3.8) is 0 Å². The Morgan fingerprint density at radius 3 is 2.53 bits per heavy atom. The van der Waals surface area contributed by atoms with E-state index in [1.807, 2.05) is 43.0 Å². The first-order valence-corrected chi connectivity index (χ1v) is 11.6. The maximum atomic E-state index is 12.8.